The van der Waals surface area contributed by atoms with E-state index >= 15 is 0 Å². The van der Waals surface area contributed by atoms with Gasteiger partial charge in [0.2, 0.25) is 10.0 Å². The minimum absolute atomic E-state index is 0.0674. The molecule has 0 atom stereocenters. The third kappa shape index (κ3) is 4.35. The molecule has 0 aliphatic carbocycles. The maximum Gasteiger partial charge on any atom is 0.253 e. The van der Waals surface area contributed by atoms with Crippen LogP contribution in [0.15, 0.2) is 53.4 Å². The van der Waals surface area contributed by atoms with Gasteiger partial charge in [-0.05, 0) is 82.1 Å². The smallest absolute Gasteiger partial charge is 0.253 e. The number of carbonyl (C=O) groups is 1. The van der Waals surface area contributed by atoms with E-state index in [9.17, 15) is 13.2 Å². The number of benzene rings is 2. The lowest BCUT2D eigenvalue weighted by molar-refractivity contribution is 0.0698. The van der Waals surface area contributed by atoms with Gasteiger partial charge in [0.05, 0.1) is 4.90 Å². The molecule has 33 heavy (non-hydrogen) atoms. The van der Waals surface area contributed by atoms with Gasteiger partial charge in [-0.2, -0.15) is 4.31 Å². The minimum Gasteiger partial charge on any atom is -0.336 e. The fourth-order valence-electron chi connectivity index (χ4n) is 4.85. The fourth-order valence-corrected chi connectivity index (χ4v) is 6.68. The van der Waals surface area contributed by atoms with Crippen molar-refractivity contribution in [3.8, 4) is 5.69 Å². The number of nitrogens with zero attached hydrogens (tertiary/aromatic N) is 3. The van der Waals surface area contributed by atoms with E-state index in [1.165, 1.54) is 4.31 Å². The van der Waals surface area contributed by atoms with Crippen molar-refractivity contribution < 1.29 is 13.2 Å². The van der Waals surface area contributed by atoms with E-state index in [2.05, 4.69) is 30.5 Å². The van der Waals surface area contributed by atoms with Crippen molar-refractivity contribution in [2.45, 2.75) is 39.5 Å². The van der Waals surface area contributed by atoms with Gasteiger partial charge in [-0.15, -0.1) is 0 Å². The van der Waals surface area contributed by atoms with Gasteiger partial charge in [-0.25, -0.2) is 8.42 Å². The highest BCUT2D eigenvalue weighted by atomic mass is 32.2. The normalized spacial score (nSPS) is 15.1. The predicted octanol–water partition coefficient (Wildman–Crippen LogP) is 4.17. The Balaban J connectivity index is 1.46. The molecule has 1 aromatic heterocycles. The Morgan fingerprint density at radius 1 is 0.758 bits per heavy atom. The molecule has 3 aromatic rings. The second kappa shape index (κ2) is 8.80. The number of piperazine rings is 1. The molecule has 4 rings (SSSR count). The molecule has 0 N–H and O–H groups in total. The van der Waals surface area contributed by atoms with Crippen LogP contribution >= 0.6 is 0 Å². The van der Waals surface area contributed by atoms with Gasteiger partial charge in [0, 0.05) is 48.8 Å². The third-order valence-electron chi connectivity index (χ3n) is 6.37. The van der Waals surface area contributed by atoms with Crippen molar-refractivity contribution in [2.24, 2.45) is 0 Å². The molecule has 6 nitrogen and oxygen atoms in total. The van der Waals surface area contributed by atoms with Crippen molar-refractivity contribution >= 4 is 15.9 Å². The SMILES string of the molecule is Cc1cc(C)c(S(=O)(=O)N2CCN(C(=O)c3ccc(-n4c(C)ccc4C)cc3)CC2)c(C)c1. The summed E-state index contributed by atoms with van der Waals surface area (Å²) in [5.41, 5.74) is 6.49. The van der Waals surface area contributed by atoms with E-state index in [0.29, 0.717) is 36.6 Å². The highest BCUT2D eigenvalue weighted by molar-refractivity contribution is 7.89. The van der Waals surface area contributed by atoms with Crippen LogP contribution in [0.4, 0.5) is 0 Å². The zero-order valence-corrected chi connectivity index (χ0v) is 20.7. The van der Waals surface area contributed by atoms with Gasteiger partial charge in [0.1, 0.15) is 0 Å². The standard InChI is InChI=1S/C26H31N3O3S/c1-18-16-19(2)25(20(3)17-18)33(31,32)28-14-12-27(13-15-28)26(30)23-8-10-24(11-9-23)29-21(4)6-7-22(29)5/h6-11,16-17H,12-15H2,1-5H3. The maximum absolute atomic E-state index is 13.3. The van der Waals surface area contributed by atoms with E-state index in [4.69, 9.17) is 0 Å². The highest BCUT2D eigenvalue weighted by Crippen LogP contribution is 2.26. The van der Waals surface area contributed by atoms with Gasteiger partial charge in [-0.1, -0.05) is 17.7 Å². The number of amides is 1. The molecule has 0 spiro atoms. The molecule has 0 saturated carbocycles. The van der Waals surface area contributed by atoms with Gasteiger partial charge in [-0.3, -0.25) is 4.79 Å². The summed E-state index contributed by atoms with van der Waals surface area (Å²) in [6.45, 7) is 11.1. The fraction of sp³-hybridized carbons (Fsp3) is 0.346. The summed E-state index contributed by atoms with van der Waals surface area (Å²) in [5.74, 6) is -0.0674. The average Bonchev–Trinajstić information content (AvgIpc) is 3.10. The zero-order chi connectivity index (χ0) is 23.9. The Bertz CT molecular complexity index is 1260. The zero-order valence-electron chi connectivity index (χ0n) is 19.9. The van der Waals surface area contributed by atoms with Crippen LogP contribution in [0.25, 0.3) is 5.69 Å². The molecule has 0 bridgehead atoms. The molecule has 0 unspecified atom stereocenters. The minimum atomic E-state index is -3.60. The van der Waals surface area contributed by atoms with Crippen LogP contribution in [0.1, 0.15) is 38.4 Å². The lowest BCUT2D eigenvalue weighted by Gasteiger charge is -2.34. The molecule has 1 aliphatic rings. The van der Waals surface area contributed by atoms with Gasteiger partial charge in [0.15, 0.2) is 0 Å². The number of rotatable bonds is 4. The molecule has 0 radical (unpaired) electrons. The molecular weight excluding hydrogens is 434 g/mol. The monoisotopic (exact) mass is 465 g/mol. The summed E-state index contributed by atoms with van der Waals surface area (Å²) >= 11 is 0. The second-order valence-corrected chi connectivity index (χ2v) is 10.8. The average molecular weight is 466 g/mol. The van der Waals surface area contributed by atoms with Crippen molar-refractivity contribution in [2.75, 3.05) is 26.2 Å². The predicted molar refractivity (Wildman–Crippen MR) is 131 cm³/mol. The summed E-state index contributed by atoms with van der Waals surface area (Å²) in [4.78, 5) is 15.2. The summed E-state index contributed by atoms with van der Waals surface area (Å²) < 4.78 is 30.3. The molecule has 1 saturated heterocycles. The summed E-state index contributed by atoms with van der Waals surface area (Å²) in [5, 5.41) is 0. The van der Waals surface area contributed by atoms with Crippen molar-refractivity contribution in [1.29, 1.82) is 0 Å². The van der Waals surface area contributed by atoms with E-state index in [1.807, 2.05) is 57.2 Å². The first-order valence-electron chi connectivity index (χ1n) is 11.2. The number of aromatic nitrogens is 1. The Morgan fingerprint density at radius 2 is 1.27 bits per heavy atom. The largest absolute Gasteiger partial charge is 0.336 e. The van der Waals surface area contributed by atoms with Crippen LogP contribution in [0.3, 0.4) is 0 Å². The van der Waals surface area contributed by atoms with Crippen molar-refractivity contribution in [3.05, 3.63) is 82.2 Å². The van der Waals surface area contributed by atoms with E-state index in [-0.39, 0.29) is 5.91 Å². The number of sulfonamides is 1. The quantitative estimate of drug-likeness (QED) is 0.581. The first kappa shape index (κ1) is 23.3. The molecule has 1 fully saturated rings. The molecule has 7 heteroatoms. The number of carbonyl (C=O) groups excluding carboxylic acids is 1. The first-order valence-corrected chi connectivity index (χ1v) is 12.7. The molecule has 1 amide bonds. The lowest BCUT2D eigenvalue weighted by Crippen LogP contribution is -2.50. The van der Waals surface area contributed by atoms with Gasteiger partial charge in [0.25, 0.3) is 5.91 Å². The number of hydrogen-bond acceptors (Lipinski definition) is 3. The van der Waals surface area contributed by atoms with Crippen LogP contribution in [-0.2, 0) is 10.0 Å². The Morgan fingerprint density at radius 3 is 1.79 bits per heavy atom. The number of aryl methyl sites for hydroxylation is 5. The Kier molecular flexibility index (Phi) is 6.20. The van der Waals surface area contributed by atoms with Crippen LogP contribution < -0.4 is 0 Å². The van der Waals surface area contributed by atoms with Crippen LogP contribution in [0.5, 0.6) is 0 Å². The number of hydrogen-bond donors (Lipinski definition) is 0. The second-order valence-electron chi connectivity index (χ2n) is 8.92. The lowest BCUT2D eigenvalue weighted by atomic mass is 10.1. The summed E-state index contributed by atoms with van der Waals surface area (Å²) in [6, 6.07) is 15.5. The topological polar surface area (TPSA) is 62.6 Å². The Labute approximate surface area is 196 Å². The Hall–Kier alpha value is -2.90. The molecule has 174 valence electrons. The highest BCUT2D eigenvalue weighted by Gasteiger charge is 2.32. The van der Waals surface area contributed by atoms with E-state index < -0.39 is 10.0 Å². The van der Waals surface area contributed by atoms with Crippen molar-refractivity contribution in [1.82, 2.24) is 13.8 Å². The van der Waals surface area contributed by atoms with Crippen molar-refractivity contribution in [3.63, 3.8) is 0 Å². The summed E-state index contributed by atoms with van der Waals surface area (Å²) in [6.07, 6.45) is 0. The van der Waals surface area contributed by atoms with E-state index in [0.717, 1.165) is 33.8 Å². The first-order chi connectivity index (χ1) is 15.6. The summed E-state index contributed by atoms with van der Waals surface area (Å²) in [7, 11) is -3.60. The molecule has 2 heterocycles. The van der Waals surface area contributed by atoms with Crippen LogP contribution in [0.2, 0.25) is 0 Å². The third-order valence-corrected chi connectivity index (χ3v) is 8.58. The molecule has 1 aliphatic heterocycles. The van der Waals surface area contributed by atoms with Gasteiger partial charge < -0.3 is 9.47 Å². The van der Waals surface area contributed by atoms with Crippen LogP contribution in [-0.4, -0.2) is 54.3 Å². The maximum atomic E-state index is 13.3. The molecular formula is C26H31N3O3S. The molecule has 2 aromatic carbocycles. The van der Waals surface area contributed by atoms with Gasteiger partial charge >= 0.3 is 0 Å². The van der Waals surface area contributed by atoms with Crippen LogP contribution in [0, 0.1) is 34.6 Å². The van der Waals surface area contributed by atoms with E-state index in [1.54, 1.807) is 4.90 Å².